The molecular weight excluding hydrogens is 777 g/mol. The zero-order valence-corrected chi connectivity index (χ0v) is 35.9. The van der Waals surface area contributed by atoms with Gasteiger partial charge in [-0.25, -0.2) is 4.79 Å². The van der Waals surface area contributed by atoms with E-state index in [0.29, 0.717) is 33.7 Å². The Balaban J connectivity index is 0.000000186. The average Bonchev–Trinajstić information content (AvgIpc) is 3.77. The van der Waals surface area contributed by atoms with Crippen molar-refractivity contribution in [2.45, 2.75) is 61.6 Å². The molecule has 0 saturated heterocycles. The number of hydrogen-bond donors (Lipinski definition) is 1. The van der Waals surface area contributed by atoms with Gasteiger partial charge < -0.3 is 19.1 Å². The van der Waals surface area contributed by atoms with Crippen LogP contribution in [0.1, 0.15) is 88.7 Å². The van der Waals surface area contributed by atoms with E-state index in [1.165, 1.54) is 6.92 Å². The fourth-order valence-corrected chi connectivity index (χ4v) is 8.05. The zero-order valence-electron chi connectivity index (χ0n) is 35.9. The van der Waals surface area contributed by atoms with Crippen molar-refractivity contribution in [1.82, 2.24) is 9.13 Å². The second-order valence-electron chi connectivity index (χ2n) is 15.3. The van der Waals surface area contributed by atoms with Gasteiger partial charge in [0.2, 0.25) is 0 Å². The number of benzene rings is 6. The summed E-state index contributed by atoms with van der Waals surface area (Å²) in [5.41, 5.74) is 12.0. The average molecular weight is 825 g/mol. The minimum atomic E-state index is -0.956. The van der Waals surface area contributed by atoms with Crippen molar-refractivity contribution in [3.8, 4) is 0 Å². The smallest absolute Gasteiger partial charge is 0.331 e. The number of hydrogen-bond acceptors (Lipinski definition) is 7. The number of carbonyl (C=O) groups excluding carboxylic acids is 3. The SMILES string of the molecule is CCn1c2ccc(C(=O)c3ccccc3C)cc2c2cc(C(C)=NCC(=O)O)ccc21.CCn1c2ccc(C(=O)c3ccccc3C)cc2c2cc(C(C)=NOC(C)=O)ccc21. The number of aromatic nitrogens is 2. The maximum absolute atomic E-state index is 13.2. The first kappa shape index (κ1) is 42.7. The van der Waals surface area contributed by atoms with Crippen molar-refractivity contribution in [2.75, 3.05) is 6.54 Å². The van der Waals surface area contributed by atoms with Gasteiger partial charge in [0, 0.05) is 91.6 Å². The van der Waals surface area contributed by atoms with Crippen LogP contribution in [-0.2, 0) is 27.5 Å². The van der Waals surface area contributed by atoms with Crippen LogP contribution in [0.5, 0.6) is 0 Å². The predicted octanol–water partition coefficient (Wildman–Crippen LogP) is 10.9. The number of aryl methyl sites for hydroxylation is 4. The van der Waals surface area contributed by atoms with Crippen LogP contribution in [-0.4, -0.2) is 55.7 Å². The highest BCUT2D eigenvalue weighted by Crippen LogP contribution is 2.33. The Morgan fingerprint density at radius 1 is 0.532 bits per heavy atom. The van der Waals surface area contributed by atoms with E-state index < -0.39 is 11.9 Å². The molecule has 0 saturated carbocycles. The third-order valence-corrected chi connectivity index (χ3v) is 11.3. The molecule has 2 aromatic heterocycles. The van der Waals surface area contributed by atoms with Gasteiger partial charge in [0.05, 0.1) is 5.71 Å². The molecule has 312 valence electrons. The van der Waals surface area contributed by atoms with E-state index in [2.05, 4.69) is 33.1 Å². The van der Waals surface area contributed by atoms with E-state index in [9.17, 15) is 19.2 Å². The van der Waals surface area contributed by atoms with Crippen LogP contribution in [0.3, 0.4) is 0 Å². The van der Waals surface area contributed by atoms with Crippen molar-refractivity contribution in [3.63, 3.8) is 0 Å². The Morgan fingerprint density at radius 2 is 0.903 bits per heavy atom. The van der Waals surface area contributed by atoms with Crippen LogP contribution in [0.15, 0.2) is 131 Å². The summed E-state index contributed by atoms with van der Waals surface area (Å²) in [5.74, 6) is -1.39. The maximum atomic E-state index is 13.2. The van der Waals surface area contributed by atoms with Crippen molar-refractivity contribution < 1.29 is 29.1 Å². The van der Waals surface area contributed by atoms with E-state index in [1.807, 2.05) is 142 Å². The molecule has 0 unspecified atom stereocenters. The molecule has 10 nitrogen and oxygen atoms in total. The molecule has 6 aromatic carbocycles. The van der Waals surface area contributed by atoms with Gasteiger partial charge in [0.1, 0.15) is 6.54 Å². The summed E-state index contributed by atoms with van der Waals surface area (Å²) in [6.07, 6.45) is 0. The molecule has 0 radical (unpaired) electrons. The zero-order chi connectivity index (χ0) is 44.2. The summed E-state index contributed by atoms with van der Waals surface area (Å²) in [7, 11) is 0. The number of aliphatic imine (C=N–C) groups is 1. The molecule has 0 aliphatic carbocycles. The highest BCUT2D eigenvalue weighted by atomic mass is 16.7. The summed E-state index contributed by atoms with van der Waals surface area (Å²) >= 11 is 0. The van der Waals surface area contributed by atoms with Crippen molar-refractivity contribution in [3.05, 3.63) is 166 Å². The molecule has 1 N–H and O–H groups in total. The Bertz CT molecular complexity index is 2940. The molecule has 2 heterocycles. The molecule has 0 aliphatic rings. The van der Waals surface area contributed by atoms with Gasteiger partial charge in [-0.1, -0.05) is 65.8 Å². The van der Waals surface area contributed by atoms with Gasteiger partial charge in [-0.15, -0.1) is 0 Å². The molecule has 0 bridgehead atoms. The summed E-state index contributed by atoms with van der Waals surface area (Å²) in [4.78, 5) is 57.2. The van der Waals surface area contributed by atoms with Gasteiger partial charge in [-0.3, -0.25) is 19.4 Å². The molecule has 0 fully saturated rings. The quantitative estimate of drug-likeness (QED) is 0.0598. The number of oxime groups is 1. The molecule has 8 rings (SSSR count). The first-order valence-electron chi connectivity index (χ1n) is 20.6. The van der Waals surface area contributed by atoms with Crippen LogP contribution < -0.4 is 0 Å². The number of carbonyl (C=O) groups is 4. The van der Waals surface area contributed by atoms with Crippen molar-refractivity contribution in [1.29, 1.82) is 0 Å². The van der Waals surface area contributed by atoms with Gasteiger partial charge in [0.25, 0.3) is 0 Å². The lowest BCUT2D eigenvalue weighted by atomic mass is 9.97. The number of carboxylic acids is 1. The minimum Gasteiger partial charge on any atom is -0.480 e. The molecule has 0 spiro atoms. The number of fused-ring (bicyclic) bond motifs is 6. The molecule has 8 aromatic rings. The van der Waals surface area contributed by atoms with Gasteiger partial charge in [0.15, 0.2) is 11.6 Å². The second kappa shape index (κ2) is 18.0. The Hall–Kier alpha value is -7.46. The minimum absolute atomic E-state index is 0.00718. The lowest BCUT2D eigenvalue weighted by Gasteiger charge is -2.06. The Morgan fingerprint density at radius 3 is 1.27 bits per heavy atom. The Kier molecular flexibility index (Phi) is 12.4. The van der Waals surface area contributed by atoms with Crippen LogP contribution >= 0.6 is 0 Å². The predicted molar refractivity (Wildman–Crippen MR) is 248 cm³/mol. The van der Waals surface area contributed by atoms with E-state index in [0.717, 1.165) is 79.0 Å². The molecular formula is C52H48N4O6. The lowest BCUT2D eigenvalue weighted by Crippen LogP contribution is -2.04. The summed E-state index contributed by atoms with van der Waals surface area (Å²) in [5, 5.41) is 16.9. The first-order valence-corrected chi connectivity index (χ1v) is 20.6. The molecule has 10 heteroatoms. The van der Waals surface area contributed by atoms with E-state index in [1.54, 1.807) is 6.92 Å². The topological polar surface area (TPSA) is 132 Å². The molecule has 62 heavy (non-hydrogen) atoms. The van der Waals surface area contributed by atoms with Gasteiger partial charge >= 0.3 is 11.9 Å². The number of aliphatic carboxylic acids is 1. The second-order valence-corrected chi connectivity index (χ2v) is 15.3. The maximum Gasteiger partial charge on any atom is 0.331 e. The number of carboxylic acid groups (broad SMARTS) is 1. The van der Waals surface area contributed by atoms with Crippen molar-refractivity contribution in [2.24, 2.45) is 10.1 Å². The molecule has 0 aliphatic heterocycles. The van der Waals surface area contributed by atoms with E-state index >= 15 is 0 Å². The molecule has 0 atom stereocenters. The van der Waals surface area contributed by atoms with Gasteiger partial charge in [-0.05, 0) is 124 Å². The standard InChI is InChI=1S/2C26H24N2O3/c1-5-28-24-12-10-19(17(3)27-31-18(4)29)14-22(24)23-15-20(11-13-25(23)28)26(30)21-9-7-6-8-16(21)2;1-4-28-23-11-9-18(17(3)27-15-25(29)30)13-21(23)22-14-19(10-12-24(22)28)26(31)20-8-6-5-7-16(20)2/h6-15H,5H2,1-4H3;5-14H,4,15H2,1-3H3,(H,29,30). The number of nitrogens with zero attached hydrogens (tertiary/aromatic N) is 4. The normalized spacial score (nSPS) is 11.9. The highest BCUT2D eigenvalue weighted by Gasteiger charge is 2.18. The summed E-state index contributed by atoms with van der Waals surface area (Å²) < 4.78 is 4.45. The number of ketones is 2. The van der Waals surface area contributed by atoms with Crippen LogP contribution in [0.4, 0.5) is 0 Å². The summed E-state index contributed by atoms with van der Waals surface area (Å²) in [6.45, 7) is 14.4. The van der Waals surface area contributed by atoms with Crippen molar-refractivity contribution >= 4 is 78.5 Å². The monoisotopic (exact) mass is 824 g/mol. The summed E-state index contributed by atoms with van der Waals surface area (Å²) in [6, 6.07) is 39.1. The number of rotatable bonds is 11. The lowest BCUT2D eigenvalue weighted by molar-refractivity contribution is -0.141. The van der Waals surface area contributed by atoms with Crippen LogP contribution in [0, 0.1) is 13.8 Å². The van der Waals surface area contributed by atoms with Crippen LogP contribution in [0.2, 0.25) is 0 Å². The fourth-order valence-electron chi connectivity index (χ4n) is 8.05. The molecule has 0 amide bonds. The first-order chi connectivity index (χ1) is 29.8. The van der Waals surface area contributed by atoms with E-state index in [-0.39, 0.29) is 18.1 Å². The van der Waals surface area contributed by atoms with Crippen LogP contribution in [0.25, 0.3) is 43.6 Å². The largest absolute Gasteiger partial charge is 0.480 e. The third kappa shape index (κ3) is 8.45. The Labute approximate surface area is 359 Å². The highest BCUT2D eigenvalue weighted by molar-refractivity contribution is 6.18. The van der Waals surface area contributed by atoms with E-state index in [4.69, 9.17) is 9.94 Å². The third-order valence-electron chi connectivity index (χ3n) is 11.3. The van der Waals surface area contributed by atoms with Gasteiger partial charge in [-0.2, -0.15) is 0 Å². The fraction of sp³-hybridized carbons (Fsp3) is 0.192.